The van der Waals surface area contributed by atoms with E-state index in [2.05, 4.69) is 29.4 Å². The van der Waals surface area contributed by atoms with Crippen LogP contribution in [0.1, 0.15) is 35.3 Å². The van der Waals surface area contributed by atoms with E-state index >= 15 is 0 Å². The quantitative estimate of drug-likeness (QED) is 0.208. The van der Waals surface area contributed by atoms with Gasteiger partial charge in [0.2, 0.25) is 5.13 Å². The van der Waals surface area contributed by atoms with Crippen LogP contribution < -0.4 is 9.62 Å². The Labute approximate surface area is 219 Å². The molecule has 0 saturated carbocycles. The van der Waals surface area contributed by atoms with E-state index in [4.69, 9.17) is 0 Å². The summed E-state index contributed by atoms with van der Waals surface area (Å²) in [5.41, 5.74) is 2.25. The van der Waals surface area contributed by atoms with Gasteiger partial charge in [-0.2, -0.15) is 0 Å². The zero-order valence-corrected chi connectivity index (χ0v) is 22.5. The van der Waals surface area contributed by atoms with Gasteiger partial charge in [-0.15, -0.1) is 10.2 Å². The molecule has 0 aliphatic heterocycles. The third-order valence-corrected chi connectivity index (χ3v) is 8.86. The molecule has 0 fully saturated rings. The van der Waals surface area contributed by atoms with Gasteiger partial charge in [0.25, 0.3) is 15.9 Å². The highest BCUT2D eigenvalue weighted by Gasteiger charge is 2.29. The lowest BCUT2D eigenvalue weighted by Crippen LogP contribution is -2.32. The molecule has 0 aliphatic rings. The second-order valence-corrected chi connectivity index (χ2v) is 13.0. The van der Waals surface area contributed by atoms with E-state index in [9.17, 15) is 13.2 Å². The Morgan fingerprint density at radius 2 is 1.64 bits per heavy atom. The summed E-state index contributed by atoms with van der Waals surface area (Å²) >= 11 is 2.84. The number of aryl methyl sites for hydroxylation is 1. The molecule has 0 atom stereocenters. The molecule has 0 bridgehead atoms. The Morgan fingerprint density at radius 3 is 2.33 bits per heavy atom. The Hall–Kier alpha value is -3.21. The molecule has 10 heteroatoms. The van der Waals surface area contributed by atoms with Crippen molar-refractivity contribution in [2.45, 2.75) is 41.8 Å². The van der Waals surface area contributed by atoms with E-state index in [1.54, 1.807) is 60.3 Å². The van der Waals surface area contributed by atoms with Gasteiger partial charge in [0, 0.05) is 5.25 Å². The number of carbonyl (C=O) groups excluding carboxylic acids is 1. The van der Waals surface area contributed by atoms with Gasteiger partial charge in [-0.25, -0.2) is 8.42 Å². The zero-order chi connectivity index (χ0) is 25.7. The predicted octanol–water partition coefficient (Wildman–Crippen LogP) is 5.99. The number of aromatic nitrogens is 2. The zero-order valence-electron chi connectivity index (χ0n) is 20.1. The Kier molecular flexibility index (Phi) is 8.07. The number of nitrogens with one attached hydrogen (secondary N) is 1. The highest BCUT2D eigenvalue weighted by atomic mass is 32.2. The SMILES string of the molecule is Cc1ccc(S(=O)(=O)N(Cc2ccccc2)c2ccccc2C(=O)Nc2nnc(SC(C)C)s2)cc1. The molecule has 3 aromatic carbocycles. The fourth-order valence-electron chi connectivity index (χ4n) is 3.44. The summed E-state index contributed by atoms with van der Waals surface area (Å²) in [6.07, 6.45) is 0. The summed E-state index contributed by atoms with van der Waals surface area (Å²) < 4.78 is 29.7. The molecule has 0 unspecified atom stereocenters. The van der Waals surface area contributed by atoms with E-state index in [1.807, 2.05) is 37.3 Å². The van der Waals surface area contributed by atoms with Crippen LogP contribution >= 0.6 is 23.1 Å². The van der Waals surface area contributed by atoms with Gasteiger partial charge in [-0.3, -0.25) is 14.4 Å². The minimum absolute atomic E-state index is 0.0648. The van der Waals surface area contributed by atoms with Crippen LogP contribution in [0.2, 0.25) is 0 Å². The van der Waals surface area contributed by atoms with Gasteiger partial charge in [0.05, 0.1) is 22.7 Å². The first-order valence-corrected chi connectivity index (χ1v) is 14.4. The maximum atomic E-state index is 13.9. The van der Waals surface area contributed by atoms with Crippen molar-refractivity contribution >= 4 is 49.8 Å². The van der Waals surface area contributed by atoms with Crippen LogP contribution in [0.25, 0.3) is 0 Å². The first kappa shape index (κ1) is 25.9. The molecule has 186 valence electrons. The molecule has 0 saturated heterocycles. The van der Waals surface area contributed by atoms with Crippen LogP contribution in [-0.4, -0.2) is 29.8 Å². The number of hydrogen-bond donors (Lipinski definition) is 1. The summed E-state index contributed by atoms with van der Waals surface area (Å²) in [6, 6.07) is 22.7. The first-order chi connectivity index (χ1) is 17.2. The Morgan fingerprint density at radius 1 is 0.972 bits per heavy atom. The molecule has 1 N–H and O–H groups in total. The van der Waals surface area contributed by atoms with Crippen LogP contribution in [0.4, 0.5) is 10.8 Å². The Bertz CT molecular complexity index is 1440. The van der Waals surface area contributed by atoms with Crippen molar-refractivity contribution in [1.82, 2.24) is 10.2 Å². The molecular formula is C26H26N4O3S3. The van der Waals surface area contributed by atoms with E-state index in [1.165, 1.54) is 15.6 Å². The molecule has 4 aromatic rings. The second kappa shape index (κ2) is 11.2. The molecule has 1 heterocycles. The van der Waals surface area contributed by atoms with Crippen LogP contribution in [-0.2, 0) is 16.6 Å². The topological polar surface area (TPSA) is 92.3 Å². The molecule has 0 radical (unpaired) electrons. The van der Waals surface area contributed by atoms with Crippen molar-refractivity contribution in [3.05, 3.63) is 95.6 Å². The van der Waals surface area contributed by atoms with Gasteiger partial charge in [-0.1, -0.05) is 97.1 Å². The number of amides is 1. The fourth-order valence-corrected chi connectivity index (χ4v) is 6.89. The normalized spacial score (nSPS) is 11.4. The first-order valence-electron chi connectivity index (χ1n) is 11.3. The van der Waals surface area contributed by atoms with E-state index < -0.39 is 15.9 Å². The number of benzene rings is 3. The molecule has 36 heavy (non-hydrogen) atoms. The predicted molar refractivity (Wildman–Crippen MR) is 146 cm³/mol. The van der Waals surface area contributed by atoms with Crippen molar-refractivity contribution in [3.63, 3.8) is 0 Å². The number of hydrogen-bond acceptors (Lipinski definition) is 7. The molecule has 1 aromatic heterocycles. The summed E-state index contributed by atoms with van der Waals surface area (Å²) in [7, 11) is -3.98. The maximum Gasteiger partial charge on any atom is 0.264 e. The lowest BCUT2D eigenvalue weighted by Gasteiger charge is -2.26. The van der Waals surface area contributed by atoms with Crippen LogP contribution in [0, 0.1) is 6.92 Å². The molecule has 7 nitrogen and oxygen atoms in total. The maximum absolute atomic E-state index is 13.9. The summed E-state index contributed by atoms with van der Waals surface area (Å²) in [6.45, 7) is 6.07. The highest BCUT2D eigenvalue weighted by Crippen LogP contribution is 2.32. The van der Waals surface area contributed by atoms with E-state index in [-0.39, 0.29) is 22.7 Å². The average Bonchev–Trinajstić information content (AvgIpc) is 3.29. The minimum atomic E-state index is -3.98. The van der Waals surface area contributed by atoms with Gasteiger partial charge >= 0.3 is 0 Å². The van der Waals surface area contributed by atoms with E-state index in [0.29, 0.717) is 10.4 Å². The van der Waals surface area contributed by atoms with Crippen molar-refractivity contribution in [2.75, 3.05) is 9.62 Å². The van der Waals surface area contributed by atoms with Crippen LogP contribution in [0.5, 0.6) is 0 Å². The van der Waals surface area contributed by atoms with Gasteiger partial charge < -0.3 is 0 Å². The fraction of sp³-hybridized carbons (Fsp3) is 0.192. The number of nitrogens with zero attached hydrogens (tertiary/aromatic N) is 3. The number of para-hydroxylation sites is 1. The number of rotatable bonds is 9. The Balaban J connectivity index is 1.72. The third-order valence-electron chi connectivity index (χ3n) is 5.16. The number of sulfonamides is 1. The van der Waals surface area contributed by atoms with Crippen molar-refractivity contribution in [1.29, 1.82) is 0 Å². The average molecular weight is 539 g/mol. The number of carbonyl (C=O) groups is 1. The molecule has 1 amide bonds. The van der Waals surface area contributed by atoms with Crippen molar-refractivity contribution in [3.8, 4) is 0 Å². The molecule has 4 rings (SSSR count). The smallest absolute Gasteiger partial charge is 0.264 e. The van der Waals surface area contributed by atoms with Crippen LogP contribution in [0.3, 0.4) is 0 Å². The van der Waals surface area contributed by atoms with Gasteiger partial charge in [0.1, 0.15) is 0 Å². The number of anilines is 2. The largest absolute Gasteiger partial charge is 0.296 e. The van der Waals surface area contributed by atoms with Crippen molar-refractivity contribution in [2.24, 2.45) is 0 Å². The number of thioether (sulfide) groups is 1. The standard InChI is InChI=1S/C26H26N4O3S3/c1-18(2)34-26-29-28-25(35-26)27-24(31)22-11-7-8-12-23(22)30(17-20-9-5-4-6-10-20)36(32,33)21-15-13-19(3)14-16-21/h4-16,18H,17H2,1-3H3,(H,27,28,31). The third kappa shape index (κ3) is 6.13. The lowest BCUT2D eigenvalue weighted by molar-refractivity contribution is 0.102. The molecular weight excluding hydrogens is 513 g/mol. The van der Waals surface area contributed by atoms with Crippen molar-refractivity contribution < 1.29 is 13.2 Å². The minimum Gasteiger partial charge on any atom is -0.296 e. The molecule has 0 aliphatic carbocycles. The molecule has 0 spiro atoms. The van der Waals surface area contributed by atoms with Crippen LogP contribution in [0.15, 0.2) is 88.1 Å². The van der Waals surface area contributed by atoms with Gasteiger partial charge in [0.15, 0.2) is 4.34 Å². The van der Waals surface area contributed by atoms with E-state index in [0.717, 1.165) is 15.5 Å². The van der Waals surface area contributed by atoms with Gasteiger partial charge in [-0.05, 0) is 36.8 Å². The summed E-state index contributed by atoms with van der Waals surface area (Å²) in [4.78, 5) is 13.5. The summed E-state index contributed by atoms with van der Waals surface area (Å²) in [5, 5.41) is 11.6. The lowest BCUT2D eigenvalue weighted by atomic mass is 10.1. The second-order valence-electron chi connectivity index (χ2n) is 8.32. The summed E-state index contributed by atoms with van der Waals surface area (Å²) in [5.74, 6) is -0.458. The highest BCUT2D eigenvalue weighted by molar-refractivity contribution is 8.01. The monoisotopic (exact) mass is 538 g/mol.